The fraction of sp³-hybridized carbons (Fsp3) is 0.143. The summed E-state index contributed by atoms with van der Waals surface area (Å²) in [6.07, 6.45) is 3.24. The summed E-state index contributed by atoms with van der Waals surface area (Å²) in [5, 5.41) is 0. The van der Waals surface area contributed by atoms with E-state index in [-0.39, 0.29) is 0 Å². The lowest BCUT2D eigenvalue weighted by molar-refractivity contribution is -0.140. The Morgan fingerprint density at radius 3 is 2.39 bits per heavy atom. The quantitative estimate of drug-likeness (QED) is 0.710. The summed E-state index contributed by atoms with van der Waals surface area (Å²) in [6.45, 7) is 1.70. The summed E-state index contributed by atoms with van der Waals surface area (Å²) in [5.74, 6) is -0.784. The standard InChI is InChI=1S/C14H12O4/c1-10-9-12(11-5-3-2-4-6-11)18-14(16)8-7-13(15)17-10/h2-10H,1H3/b8-7-,12-9-. The fourth-order valence-corrected chi connectivity index (χ4v) is 1.54. The molecule has 2 rings (SSSR count). The molecular weight excluding hydrogens is 232 g/mol. The van der Waals surface area contributed by atoms with E-state index in [0.717, 1.165) is 17.7 Å². The van der Waals surface area contributed by atoms with Gasteiger partial charge in [-0.15, -0.1) is 0 Å². The summed E-state index contributed by atoms with van der Waals surface area (Å²) < 4.78 is 10.2. The number of hydrogen-bond acceptors (Lipinski definition) is 4. The maximum atomic E-state index is 11.5. The van der Waals surface area contributed by atoms with Crippen molar-refractivity contribution in [1.29, 1.82) is 0 Å². The molecule has 18 heavy (non-hydrogen) atoms. The van der Waals surface area contributed by atoms with Crippen molar-refractivity contribution in [2.75, 3.05) is 0 Å². The van der Waals surface area contributed by atoms with Crippen molar-refractivity contribution < 1.29 is 19.1 Å². The number of ether oxygens (including phenoxy) is 2. The third-order valence-electron chi connectivity index (χ3n) is 2.31. The van der Waals surface area contributed by atoms with Crippen LogP contribution < -0.4 is 0 Å². The zero-order valence-corrected chi connectivity index (χ0v) is 9.83. The first-order valence-electron chi connectivity index (χ1n) is 5.53. The molecule has 4 heteroatoms. The normalized spacial score (nSPS) is 24.7. The van der Waals surface area contributed by atoms with Crippen LogP contribution >= 0.6 is 0 Å². The van der Waals surface area contributed by atoms with Gasteiger partial charge in [-0.25, -0.2) is 9.59 Å². The van der Waals surface area contributed by atoms with E-state index in [0.29, 0.717) is 5.76 Å². The van der Waals surface area contributed by atoms with Crippen molar-refractivity contribution >= 4 is 17.7 Å². The van der Waals surface area contributed by atoms with E-state index in [1.54, 1.807) is 13.0 Å². The minimum Gasteiger partial charge on any atom is -0.455 e. The van der Waals surface area contributed by atoms with Crippen LogP contribution in [0.4, 0.5) is 0 Å². The zero-order valence-electron chi connectivity index (χ0n) is 9.83. The number of carbonyl (C=O) groups excluding carboxylic acids is 2. The molecule has 0 fully saturated rings. The first-order valence-corrected chi connectivity index (χ1v) is 5.53. The van der Waals surface area contributed by atoms with Gasteiger partial charge in [-0.3, -0.25) is 0 Å². The lowest BCUT2D eigenvalue weighted by Crippen LogP contribution is -2.10. The molecule has 0 saturated carbocycles. The minimum absolute atomic E-state index is 0.382. The molecule has 0 N–H and O–H groups in total. The van der Waals surface area contributed by atoms with E-state index in [1.165, 1.54) is 0 Å². The maximum Gasteiger partial charge on any atom is 0.336 e. The smallest absolute Gasteiger partial charge is 0.336 e. The van der Waals surface area contributed by atoms with Gasteiger partial charge in [0.25, 0.3) is 0 Å². The van der Waals surface area contributed by atoms with Crippen molar-refractivity contribution in [2.24, 2.45) is 0 Å². The van der Waals surface area contributed by atoms with Gasteiger partial charge >= 0.3 is 11.9 Å². The van der Waals surface area contributed by atoms with Crippen molar-refractivity contribution in [1.82, 2.24) is 0 Å². The lowest BCUT2D eigenvalue weighted by Gasteiger charge is -2.10. The zero-order chi connectivity index (χ0) is 13.0. The fourth-order valence-electron chi connectivity index (χ4n) is 1.54. The number of carbonyl (C=O) groups is 2. The van der Waals surface area contributed by atoms with E-state index in [9.17, 15) is 9.59 Å². The van der Waals surface area contributed by atoms with E-state index >= 15 is 0 Å². The monoisotopic (exact) mass is 244 g/mol. The number of benzene rings is 1. The van der Waals surface area contributed by atoms with Gasteiger partial charge in [-0.05, 0) is 13.0 Å². The van der Waals surface area contributed by atoms with E-state index < -0.39 is 18.0 Å². The molecule has 1 aliphatic heterocycles. The Kier molecular flexibility index (Phi) is 3.57. The molecule has 1 atom stereocenters. The highest BCUT2D eigenvalue weighted by molar-refractivity contribution is 5.94. The molecule has 1 aromatic rings. The van der Waals surface area contributed by atoms with Crippen LogP contribution in [0.3, 0.4) is 0 Å². The van der Waals surface area contributed by atoms with Crippen molar-refractivity contribution in [3.05, 3.63) is 54.1 Å². The third kappa shape index (κ3) is 3.07. The van der Waals surface area contributed by atoms with Crippen LogP contribution in [-0.4, -0.2) is 18.0 Å². The number of esters is 2. The Morgan fingerprint density at radius 1 is 1.00 bits per heavy atom. The molecule has 0 aliphatic carbocycles. The van der Waals surface area contributed by atoms with Crippen LogP contribution in [0.1, 0.15) is 12.5 Å². The van der Waals surface area contributed by atoms with Gasteiger partial charge < -0.3 is 9.47 Å². The highest BCUT2D eigenvalue weighted by Crippen LogP contribution is 2.18. The van der Waals surface area contributed by atoms with E-state index in [1.807, 2.05) is 30.3 Å². The van der Waals surface area contributed by atoms with Gasteiger partial charge in [0.15, 0.2) is 0 Å². The van der Waals surface area contributed by atoms with Crippen LogP contribution in [0.5, 0.6) is 0 Å². The first kappa shape index (κ1) is 12.1. The van der Waals surface area contributed by atoms with Crippen LogP contribution in [0, 0.1) is 0 Å². The van der Waals surface area contributed by atoms with Crippen molar-refractivity contribution in [2.45, 2.75) is 13.0 Å². The number of rotatable bonds is 1. The van der Waals surface area contributed by atoms with Crippen molar-refractivity contribution in [3.63, 3.8) is 0 Å². The third-order valence-corrected chi connectivity index (χ3v) is 2.31. The SMILES string of the molecule is CC1/C=C(/c2ccccc2)OC(=O)/C=C\C(=O)O1. The van der Waals surface area contributed by atoms with Gasteiger partial charge in [0.05, 0.1) is 0 Å². The topological polar surface area (TPSA) is 52.6 Å². The number of hydrogen-bond donors (Lipinski definition) is 0. The summed E-state index contributed by atoms with van der Waals surface area (Å²) >= 11 is 0. The molecule has 0 bridgehead atoms. The van der Waals surface area contributed by atoms with Gasteiger partial charge in [-0.2, -0.15) is 0 Å². The Balaban J connectivity index is 2.35. The number of cyclic esters (lactones) is 2. The van der Waals surface area contributed by atoms with E-state index in [2.05, 4.69) is 0 Å². The van der Waals surface area contributed by atoms with Gasteiger partial charge in [0.1, 0.15) is 11.9 Å². The maximum absolute atomic E-state index is 11.5. The molecule has 0 saturated heterocycles. The molecule has 92 valence electrons. The molecule has 0 spiro atoms. The average molecular weight is 244 g/mol. The molecule has 1 heterocycles. The summed E-state index contributed by atoms with van der Waals surface area (Å²) in [6, 6.07) is 9.17. The molecule has 4 nitrogen and oxygen atoms in total. The summed E-state index contributed by atoms with van der Waals surface area (Å²) in [4.78, 5) is 22.7. The summed E-state index contributed by atoms with van der Waals surface area (Å²) in [5.41, 5.74) is 0.754. The first-order chi connectivity index (χ1) is 8.65. The second kappa shape index (κ2) is 5.31. The molecule has 1 unspecified atom stereocenters. The Bertz CT molecular complexity index is 514. The van der Waals surface area contributed by atoms with E-state index in [4.69, 9.17) is 9.47 Å². The lowest BCUT2D eigenvalue weighted by atomic mass is 10.1. The average Bonchev–Trinajstić information content (AvgIpc) is 2.41. The highest BCUT2D eigenvalue weighted by Gasteiger charge is 2.14. The Labute approximate surface area is 105 Å². The van der Waals surface area contributed by atoms with Gasteiger partial charge in [0.2, 0.25) is 0 Å². The van der Waals surface area contributed by atoms with Crippen LogP contribution in [-0.2, 0) is 19.1 Å². The molecular formula is C14H12O4. The predicted octanol–water partition coefficient (Wildman–Crippen LogP) is 2.07. The second-order valence-electron chi connectivity index (χ2n) is 3.79. The second-order valence-corrected chi connectivity index (χ2v) is 3.79. The Hall–Kier alpha value is -2.36. The highest BCUT2D eigenvalue weighted by atomic mass is 16.6. The molecule has 0 radical (unpaired) electrons. The Morgan fingerprint density at radius 2 is 1.67 bits per heavy atom. The molecule has 1 aromatic carbocycles. The van der Waals surface area contributed by atoms with Gasteiger partial charge in [-0.1, -0.05) is 30.3 Å². The predicted molar refractivity (Wildman–Crippen MR) is 65.2 cm³/mol. The van der Waals surface area contributed by atoms with Gasteiger partial charge in [0, 0.05) is 17.7 Å². The van der Waals surface area contributed by atoms with Crippen LogP contribution in [0.25, 0.3) is 5.76 Å². The molecule has 0 amide bonds. The largest absolute Gasteiger partial charge is 0.455 e. The summed E-state index contributed by atoms with van der Waals surface area (Å²) in [7, 11) is 0. The minimum atomic E-state index is -0.601. The van der Waals surface area contributed by atoms with Crippen LogP contribution in [0.15, 0.2) is 48.6 Å². The molecule has 0 aromatic heterocycles. The molecule has 1 aliphatic rings. The van der Waals surface area contributed by atoms with Crippen molar-refractivity contribution in [3.8, 4) is 0 Å². The van der Waals surface area contributed by atoms with Crippen LogP contribution in [0.2, 0.25) is 0 Å².